The molecule has 7 rings (SSSR count). The molecule has 34 heavy (non-hydrogen) atoms. The molecule has 1 aromatic carbocycles. The number of nitrogens with zero attached hydrogens (tertiary/aromatic N) is 2. The van der Waals surface area contributed by atoms with Crippen molar-refractivity contribution in [1.29, 1.82) is 0 Å². The Morgan fingerprint density at radius 2 is 2.09 bits per heavy atom. The van der Waals surface area contributed by atoms with Crippen molar-refractivity contribution in [3.05, 3.63) is 46.7 Å². The van der Waals surface area contributed by atoms with Crippen molar-refractivity contribution in [1.82, 2.24) is 15.1 Å². The van der Waals surface area contributed by atoms with E-state index in [2.05, 4.69) is 15.2 Å². The lowest BCUT2D eigenvalue weighted by molar-refractivity contribution is -0.326. The second-order valence-electron chi connectivity index (χ2n) is 10.1. The lowest BCUT2D eigenvalue weighted by Gasteiger charge is -2.70. The number of aromatic nitrogens is 2. The number of aliphatic hydroxyl groups excluding tert-OH is 1. The predicted molar refractivity (Wildman–Crippen MR) is 113 cm³/mol. The maximum Gasteiger partial charge on any atom is 0.522 e. The van der Waals surface area contributed by atoms with E-state index in [1.807, 2.05) is 10.9 Å². The van der Waals surface area contributed by atoms with E-state index in [1.54, 1.807) is 24.4 Å². The molecule has 1 aliphatic heterocycles. The van der Waals surface area contributed by atoms with Crippen LogP contribution in [0.4, 0.5) is 13.2 Å². The maximum absolute atomic E-state index is 12.9. The summed E-state index contributed by atoms with van der Waals surface area (Å²) in [6.45, 7) is -0.324. The molecule has 1 amide bonds. The minimum absolute atomic E-state index is 0.0461. The first-order valence-corrected chi connectivity index (χ1v) is 11.6. The molecule has 4 atom stereocenters. The number of benzene rings is 1. The van der Waals surface area contributed by atoms with Crippen LogP contribution >= 0.6 is 11.6 Å². The topological polar surface area (TPSA) is 85.6 Å². The number of ether oxygens (including phenoxy) is 2. The zero-order valence-corrected chi connectivity index (χ0v) is 18.8. The van der Waals surface area contributed by atoms with Crippen molar-refractivity contribution in [3.63, 3.8) is 0 Å². The number of hydrogen-bond donors (Lipinski definition) is 2. The zero-order chi connectivity index (χ0) is 23.9. The van der Waals surface area contributed by atoms with E-state index in [-0.39, 0.29) is 41.8 Å². The van der Waals surface area contributed by atoms with Gasteiger partial charge < -0.3 is 15.2 Å². The highest BCUT2D eigenvalue weighted by Gasteiger charge is 2.70. The minimum atomic E-state index is -4.60. The lowest BCUT2D eigenvalue weighted by atomic mass is 9.44. The minimum Gasteiger partial charge on any atom is -0.480 e. The Morgan fingerprint density at radius 1 is 1.32 bits per heavy atom. The number of halogens is 4. The number of rotatable bonds is 6. The average molecular weight is 498 g/mol. The van der Waals surface area contributed by atoms with Gasteiger partial charge in [-0.25, -0.2) is 0 Å². The number of amides is 1. The van der Waals surface area contributed by atoms with Gasteiger partial charge in [0, 0.05) is 28.7 Å². The first-order chi connectivity index (χ1) is 16.0. The predicted octanol–water partition coefficient (Wildman–Crippen LogP) is 3.81. The van der Waals surface area contributed by atoms with Gasteiger partial charge in [0.2, 0.25) is 0 Å². The molecule has 2 bridgehead atoms. The highest BCUT2D eigenvalue weighted by atomic mass is 35.5. The molecule has 4 saturated carbocycles. The van der Waals surface area contributed by atoms with Crippen molar-refractivity contribution < 1.29 is 32.5 Å². The van der Waals surface area contributed by atoms with Crippen molar-refractivity contribution in [2.75, 3.05) is 6.61 Å². The van der Waals surface area contributed by atoms with Gasteiger partial charge in [-0.2, -0.15) is 5.10 Å². The van der Waals surface area contributed by atoms with E-state index in [9.17, 15) is 23.1 Å². The molecule has 182 valence electrons. The van der Waals surface area contributed by atoms with Gasteiger partial charge in [0.1, 0.15) is 5.75 Å². The summed E-state index contributed by atoms with van der Waals surface area (Å²) in [7, 11) is 0. The van der Waals surface area contributed by atoms with Gasteiger partial charge >= 0.3 is 6.36 Å². The fourth-order valence-electron chi connectivity index (χ4n) is 5.86. The third kappa shape index (κ3) is 3.76. The van der Waals surface area contributed by atoms with Crippen LogP contribution in [-0.2, 0) is 15.1 Å². The quantitative estimate of drug-likeness (QED) is 0.634. The van der Waals surface area contributed by atoms with Gasteiger partial charge in [0.25, 0.3) is 5.91 Å². The molecule has 2 aromatic rings. The molecule has 4 fully saturated rings. The highest BCUT2D eigenvalue weighted by molar-refractivity contribution is 6.30. The largest absolute Gasteiger partial charge is 0.522 e. The second-order valence-corrected chi connectivity index (χ2v) is 10.6. The monoisotopic (exact) mass is 497 g/mol. The fourth-order valence-corrected chi connectivity index (χ4v) is 6.04. The van der Waals surface area contributed by atoms with Crippen LogP contribution in [0.15, 0.2) is 30.6 Å². The van der Waals surface area contributed by atoms with E-state index in [4.69, 9.17) is 16.3 Å². The van der Waals surface area contributed by atoms with Crippen LogP contribution in [0, 0.1) is 5.92 Å². The first kappa shape index (κ1) is 22.2. The maximum atomic E-state index is 12.9. The summed E-state index contributed by atoms with van der Waals surface area (Å²) in [5.74, 6) is 0.120. The van der Waals surface area contributed by atoms with Crippen LogP contribution in [0.1, 0.15) is 55.3 Å². The Balaban J connectivity index is 1.03. The van der Waals surface area contributed by atoms with Gasteiger partial charge in [-0.3, -0.25) is 14.2 Å². The summed E-state index contributed by atoms with van der Waals surface area (Å²) in [6.07, 6.45) is 0.472. The molecule has 7 nitrogen and oxygen atoms in total. The van der Waals surface area contributed by atoms with Crippen molar-refractivity contribution in [2.45, 2.75) is 67.7 Å². The number of nitrogens with one attached hydrogen (secondary N) is 1. The van der Waals surface area contributed by atoms with Gasteiger partial charge in [-0.1, -0.05) is 11.6 Å². The first-order valence-electron chi connectivity index (χ1n) is 11.3. The van der Waals surface area contributed by atoms with Crippen molar-refractivity contribution in [3.8, 4) is 5.75 Å². The highest BCUT2D eigenvalue weighted by Crippen LogP contribution is 2.65. The van der Waals surface area contributed by atoms with Gasteiger partial charge in [-0.15, -0.1) is 13.2 Å². The smallest absolute Gasteiger partial charge is 0.480 e. The molecule has 1 aromatic heterocycles. The molecule has 11 heteroatoms. The summed E-state index contributed by atoms with van der Waals surface area (Å²) in [5.41, 5.74) is 1.05. The number of fused-ring (bicyclic) bond motifs is 1. The molecular weight excluding hydrogens is 475 g/mol. The number of carbonyl (C=O) groups excluding carboxylic acids is 1. The van der Waals surface area contributed by atoms with Crippen LogP contribution in [-0.4, -0.2) is 45.4 Å². The Labute approximate surface area is 198 Å². The van der Waals surface area contributed by atoms with E-state index < -0.39 is 18.6 Å². The standard InChI is InChI=1S/C23H23ClF3N3O4/c24-14-1-2-18-16(4-14)17(31)5-19(34-18)20(32)29-21-9-22(10-21,11-21)30-7-13(6-28-30)15-3-12(15)8-33-23(25,26)27/h1-2,4,6-7,12,15,17,19,31H,3,5,8-11H2,(H,29,32)/t12?,15?,17-,19-,21?,22?/m1/s1. The van der Waals surface area contributed by atoms with E-state index in [1.165, 1.54) is 0 Å². The van der Waals surface area contributed by atoms with Crippen LogP contribution < -0.4 is 10.1 Å². The summed E-state index contributed by atoms with van der Waals surface area (Å²) >= 11 is 5.98. The van der Waals surface area contributed by atoms with Gasteiger partial charge in [-0.05, 0) is 61.3 Å². The Kier molecular flexibility index (Phi) is 4.80. The lowest BCUT2D eigenvalue weighted by Crippen LogP contribution is -2.79. The number of aliphatic hydroxyl groups is 1. The number of carbonyl (C=O) groups is 1. The SMILES string of the molecule is O=C(NC12CC(n3cc(C4CC4COC(F)(F)F)cn3)(C1)C2)[C@H]1C[C@@H](O)c2cc(Cl)ccc2O1. The Bertz CT molecular complexity index is 1130. The van der Waals surface area contributed by atoms with Crippen molar-refractivity contribution >= 4 is 17.5 Å². The molecule has 4 aliphatic carbocycles. The summed E-state index contributed by atoms with van der Waals surface area (Å²) in [5, 5.41) is 18.5. The molecular formula is C23H23ClF3N3O4. The molecule has 0 radical (unpaired) electrons. The molecule has 2 heterocycles. The van der Waals surface area contributed by atoms with E-state index in [0.717, 1.165) is 24.8 Å². The third-order valence-electron chi connectivity index (χ3n) is 7.62. The van der Waals surface area contributed by atoms with E-state index in [0.29, 0.717) is 22.8 Å². The zero-order valence-electron chi connectivity index (χ0n) is 18.0. The summed E-state index contributed by atoms with van der Waals surface area (Å²) in [4.78, 5) is 12.9. The Hall–Kier alpha value is -2.30. The molecule has 0 spiro atoms. The van der Waals surface area contributed by atoms with Crippen molar-refractivity contribution in [2.24, 2.45) is 5.92 Å². The van der Waals surface area contributed by atoms with Gasteiger partial charge in [0.05, 0.1) is 24.4 Å². The van der Waals surface area contributed by atoms with Crippen LogP contribution in [0.3, 0.4) is 0 Å². The van der Waals surface area contributed by atoms with E-state index >= 15 is 0 Å². The van der Waals surface area contributed by atoms with Crippen LogP contribution in [0.2, 0.25) is 5.02 Å². The fraction of sp³-hybridized carbons (Fsp3) is 0.565. The molecule has 0 saturated heterocycles. The summed E-state index contributed by atoms with van der Waals surface area (Å²) in [6, 6.07) is 4.96. The molecule has 5 aliphatic rings. The van der Waals surface area contributed by atoms with Gasteiger partial charge in [0.15, 0.2) is 6.10 Å². The molecule has 2 N–H and O–H groups in total. The number of alkyl halides is 3. The number of hydrogen-bond acceptors (Lipinski definition) is 5. The molecule has 2 unspecified atom stereocenters. The van der Waals surface area contributed by atoms with Crippen LogP contribution in [0.5, 0.6) is 5.75 Å². The Morgan fingerprint density at radius 3 is 2.82 bits per heavy atom. The second kappa shape index (κ2) is 7.35. The van der Waals surface area contributed by atoms with Crippen LogP contribution in [0.25, 0.3) is 0 Å². The summed E-state index contributed by atoms with van der Waals surface area (Å²) < 4.78 is 48.4. The normalized spacial score (nSPS) is 35.4. The third-order valence-corrected chi connectivity index (χ3v) is 7.86. The average Bonchev–Trinajstić information content (AvgIpc) is 3.34.